The molecule has 0 unspecified atom stereocenters. The zero-order chi connectivity index (χ0) is 14.5. The highest BCUT2D eigenvalue weighted by Crippen LogP contribution is 2.31. The largest absolute Gasteiger partial charge is 0.383 e. The van der Waals surface area contributed by atoms with Gasteiger partial charge in [0.15, 0.2) is 0 Å². The Morgan fingerprint density at radius 1 is 1.38 bits per heavy atom. The first kappa shape index (κ1) is 14.2. The van der Waals surface area contributed by atoms with Gasteiger partial charge in [0, 0.05) is 50.3 Å². The van der Waals surface area contributed by atoms with Crippen molar-refractivity contribution in [2.45, 2.75) is 18.8 Å². The summed E-state index contributed by atoms with van der Waals surface area (Å²) in [7, 11) is 1.75. The van der Waals surface area contributed by atoms with Crippen molar-refractivity contribution in [1.29, 1.82) is 0 Å². The first-order chi connectivity index (χ1) is 10.4. The predicted octanol–water partition coefficient (Wildman–Crippen LogP) is 1.69. The van der Waals surface area contributed by atoms with E-state index in [0.717, 1.165) is 49.6 Å². The first-order valence-electron chi connectivity index (χ1n) is 7.40. The molecule has 0 spiro atoms. The molecule has 112 valence electrons. The Morgan fingerprint density at radius 3 is 3.10 bits per heavy atom. The van der Waals surface area contributed by atoms with Crippen molar-refractivity contribution in [2.75, 3.05) is 33.4 Å². The number of piperidine rings is 1. The lowest BCUT2D eigenvalue weighted by Gasteiger charge is -2.32. The summed E-state index contributed by atoms with van der Waals surface area (Å²) >= 11 is 0. The van der Waals surface area contributed by atoms with Gasteiger partial charge >= 0.3 is 0 Å². The molecule has 0 aromatic carbocycles. The fourth-order valence-electron chi connectivity index (χ4n) is 2.95. The van der Waals surface area contributed by atoms with Gasteiger partial charge in [-0.05, 0) is 19.4 Å². The van der Waals surface area contributed by atoms with Gasteiger partial charge in [0.2, 0.25) is 0 Å². The Balaban J connectivity index is 1.80. The molecule has 0 amide bonds. The van der Waals surface area contributed by atoms with Gasteiger partial charge in [0.05, 0.1) is 24.2 Å². The van der Waals surface area contributed by atoms with Crippen LogP contribution in [0.2, 0.25) is 0 Å². The number of nitrogens with one attached hydrogen (secondary N) is 1. The summed E-state index contributed by atoms with van der Waals surface area (Å²) in [5.74, 6) is 0.425. The highest BCUT2D eigenvalue weighted by atomic mass is 16.5. The van der Waals surface area contributed by atoms with Crippen molar-refractivity contribution in [3.8, 4) is 11.3 Å². The summed E-state index contributed by atoms with van der Waals surface area (Å²) in [6.07, 6.45) is 9.56. The van der Waals surface area contributed by atoms with Gasteiger partial charge < -0.3 is 9.64 Å². The molecule has 6 heteroatoms. The van der Waals surface area contributed by atoms with Crippen LogP contribution in [0.25, 0.3) is 11.3 Å². The predicted molar refractivity (Wildman–Crippen MR) is 79.9 cm³/mol. The minimum atomic E-state index is 0.425. The third kappa shape index (κ3) is 3.28. The Morgan fingerprint density at radius 2 is 2.29 bits per heavy atom. The first-order valence-corrected chi connectivity index (χ1v) is 7.40. The van der Waals surface area contributed by atoms with Crippen LogP contribution in [-0.4, -0.2) is 58.4 Å². The number of ether oxygens (including phenoxy) is 1. The van der Waals surface area contributed by atoms with Gasteiger partial charge in [-0.25, -0.2) is 0 Å². The lowest BCUT2D eigenvalue weighted by molar-refractivity contribution is 0.127. The van der Waals surface area contributed by atoms with E-state index in [4.69, 9.17) is 4.74 Å². The number of aromatic amines is 1. The van der Waals surface area contributed by atoms with Crippen molar-refractivity contribution in [2.24, 2.45) is 0 Å². The van der Waals surface area contributed by atoms with Gasteiger partial charge in [-0.1, -0.05) is 0 Å². The minimum Gasteiger partial charge on any atom is -0.383 e. The van der Waals surface area contributed by atoms with Crippen molar-refractivity contribution in [3.63, 3.8) is 0 Å². The van der Waals surface area contributed by atoms with Crippen LogP contribution >= 0.6 is 0 Å². The second-order valence-corrected chi connectivity index (χ2v) is 5.41. The molecule has 0 radical (unpaired) electrons. The second-order valence-electron chi connectivity index (χ2n) is 5.41. The molecule has 6 nitrogen and oxygen atoms in total. The summed E-state index contributed by atoms with van der Waals surface area (Å²) in [5.41, 5.74) is 3.04. The highest BCUT2D eigenvalue weighted by Gasteiger charge is 2.25. The third-order valence-electron chi connectivity index (χ3n) is 4.00. The second kappa shape index (κ2) is 6.78. The summed E-state index contributed by atoms with van der Waals surface area (Å²) in [6.45, 7) is 3.92. The van der Waals surface area contributed by atoms with E-state index in [9.17, 15) is 0 Å². The van der Waals surface area contributed by atoms with E-state index in [1.807, 2.05) is 6.20 Å². The maximum Gasteiger partial charge on any atom is 0.0952 e. The molecule has 1 aliphatic rings. The summed E-state index contributed by atoms with van der Waals surface area (Å²) in [6, 6.07) is 0. The molecule has 21 heavy (non-hydrogen) atoms. The standard InChI is InChI=1S/C15H21N5O/c1-21-8-7-20-6-2-3-12(11-20)14-15(17-5-4-16-14)13-9-18-19-10-13/h4-5,9-10,12H,2-3,6-8,11H2,1H3,(H,18,19)/t12-/m1/s1. The van der Waals surface area contributed by atoms with Crippen LogP contribution in [-0.2, 0) is 4.74 Å². The molecule has 1 saturated heterocycles. The van der Waals surface area contributed by atoms with Crippen LogP contribution < -0.4 is 0 Å². The average Bonchev–Trinajstić information content (AvgIpc) is 3.07. The van der Waals surface area contributed by atoms with Crippen LogP contribution in [0.1, 0.15) is 24.5 Å². The molecule has 1 fully saturated rings. The van der Waals surface area contributed by atoms with E-state index >= 15 is 0 Å². The number of H-pyrrole nitrogens is 1. The Hall–Kier alpha value is -1.79. The maximum atomic E-state index is 5.19. The zero-order valence-electron chi connectivity index (χ0n) is 12.3. The van der Waals surface area contributed by atoms with E-state index in [2.05, 4.69) is 25.1 Å². The van der Waals surface area contributed by atoms with Gasteiger partial charge in [-0.3, -0.25) is 15.1 Å². The molecule has 0 saturated carbocycles. The average molecular weight is 287 g/mol. The van der Waals surface area contributed by atoms with Gasteiger partial charge in [0.25, 0.3) is 0 Å². The Kier molecular flexibility index (Phi) is 4.57. The smallest absolute Gasteiger partial charge is 0.0952 e. The molecule has 0 bridgehead atoms. The molecule has 3 rings (SSSR count). The van der Waals surface area contributed by atoms with E-state index < -0.39 is 0 Å². The summed E-state index contributed by atoms with van der Waals surface area (Å²) < 4.78 is 5.19. The minimum absolute atomic E-state index is 0.425. The van der Waals surface area contributed by atoms with Crippen molar-refractivity contribution < 1.29 is 4.74 Å². The molecule has 3 heterocycles. The highest BCUT2D eigenvalue weighted by molar-refractivity contribution is 5.60. The lowest BCUT2D eigenvalue weighted by atomic mass is 9.92. The van der Waals surface area contributed by atoms with Gasteiger partial charge in [-0.2, -0.15) is 5.10 Å². The van der Waals surface area contributed by atoms with Crippen molar-refractivity contribution >= 4 is 0 Å². The van der Waals surface area contributed by atoms with Crippen molar-refractivity contribution in [3.05, 3.63) is 30.5 Å². The number of methoxy groups -OCH3 is 1. The molecule has 0 aliphatic carbocycles. The maximum absolute atomic E-state index is 5.19. The molecule has 1 atom stereocenters. The molecule has 1 N–H and O–H groups in total. The number of likely N-dealkylation sites (tertiary alicyclic amines) is 1. The topological polar surface area (TPSA) is 66.9 Å². The van der Waals surface area contributed by atoms with Crippen LogP contribution in [0.15, 0.2) is 24.8 Å². The Bertz CT molecular complexity index is 557. The number of hydrogen-bond donors (Lipinski definition) is 1. The van der Waals surface area contributed by atoms with E-state index in [0.29, 0.717) is 5.92 Å². The quantitative estimate of drug-likeness (QED) is 0.906. The number of hydrogen-bond acceptors (Lipinski definition) is 5. The normalized spacial score (nSPS) is 19.8. The Labute approximate surface area is 124 Å². The number of aromatic nitrogens is 4. The summed E-state index contributed by atoms with van der Waals surface area (Å²) in [5, 5.41) is 6.87. The van der Waals surface area contributed by atoms with Crippen molar-refractivity contribution in [1.82, 2.24) is 25.1 Å². The van der Waals surface area contributed by atoms with E-state index in [1.54, 1.807) is 25.7 Å². The van der Waals surface area contributed by atoms with Crippen LogP contribution in [0.4, 0.5) is 0 Å². The lowest BCUT2D eigenvalue weighted by Crippen LogP contribution is -2.37. The zero-order valence-corrected chi connectivity index (χ0v) is 12.3. The fourth-order valence-corrected chi connectivity index (χ4v) is 2.95. The van der Waals surface area contributed by atoms with E-state index in [-0.39, 0.29) is 0 Å². The monoisotopic (exact) mass is 287 g/mol. The van der Waals surface area contributed by atoms with Crippen LogP contribution in [0.5, 0.6) is 0 Å². The fraction of sp³-hybridized carbons (Fsp3) is 0.533. The van der Waals surface area contributed by atoms with E-state index in [1.165, 1.54) is 6.42 Å². The third-order valence-corrected chi connectivity index (χ3v) is 4.00. The molecule has 2 aromatic rings. The number of rotatable bonds is 5. The SMILES string of the molecule is COCCN1CCC[C@@H](c2nccnc2-c2cn[nH]c2)C1. The molecular weight excluding hydrogens is 266 g/mol. The molecule has 2 aromatic heterocycles. The summed E-state index contributed by atoms with van der Waals surface area (Å²) in [4.78, 5) is 11.6. The molecule has 1 aliphatic heterocycles. The number of nitrogens with zero attached hydrogens (tertiary/aromatic N) is 4. The van der Waals surface area contributed by atoms with Gasteiger partial charge in [-0.15, -0.1) is 0 Å². The van der Waals surface area contributed by atoms with Crippen LogP contribution in [0.3, 0.4) is 0 Å². The van der Waals surface area contributed by atoms with Gasteiger partial charge in [0.1, 0.15) is 0 Å². The molecular formula is C15H21N5O. The van der Waals surface area contributed by atoms with Crippen LogP contribution in [0, 0.1) is 0 Å².